The van der Waals surface area contributed by atoms with Crippen molar-refractivity contribution in [3.8, 4) is 0 Å². The number of nitrogens with two attached hydrogens (primary N) is 1. The lowest BCUT2D eigenvalue weighted by atomic mass is 9.79. The number of methoxy groups -OCH3 is 1. The number of hydrogen-bond acceptors (Lipinski definition) is 3. The van der Waals surface area contributed by atoms with Gasteiger partial charge in [-0.25, -0.2) is 0 Å². The smallest absolute Gasteiger partial charge is 0.0531 e. The molecule has 1 heterocycles. The van der Waals surface area contributed by atoms with Gasteiger partial charge in [0, 0.05) is 25.1 Å². The molecule has 0 amide bonds. The van der Waals surface area contributed by atoms with Crippen LogP contribution in [0, 0.1) is 5.41 Å². The fourth-order valence-corrected chi connectivity index (χ4v) is 2.52. The maximum absolute atomic E-state index is 5.86. The molecule has 3 nitrogen and oxygen atoms in total. The van der Waals surface area contributed by atoms with Gasteiger partial charge in [0.25, 0.3) is 0 Å². The highest BCUT2D eigenvalue weighted by Crippen LogP contribution is 2.36. The standard InChI is InChI=1S/C11H22N2O/c1-14-9-11(8-12)4-6-13(7-5-11)10-2-3-10/h10H,2-9,12H2,1H3. The van der Waals surface area contributed by atoms with Crippen LogP contribution in [0.3, 0.4) is 0 Å². The van der Waals surface area contributed by atoms with Gasteiger partial charge in [-0.3, -0.25) is 0 Å². The molecule has 2 rings (SSSR count). The van der Waals surface area contributed by atoms with Crippen LogP contribution >= 0.6 is 0 Å². The third kappa shape index (κ3) is 2.10. The lowest BCUT2D eigenvalue weighted by molar-refractivity contribution is 0.0253. The number of hydrogen-bond donors (Lipinski definition) is 1. The molecule has 2 aliphatic rings. The number of rotatable bonds is 4. The molecule has 0 aromatic rings. The zero-order chi connectivity index (χ0) is 10.0. The topological polar surface area (TPSA) is 38.5 Å². The van der Waals surface area contributed by atoms with Gasteiger partial charge in [-0.2, -0.15) is 0 Å². The molecular weight excluding hydrogens is 176 g/mol. The Kier molecular flexibility index (Phi) is 3.10. The van der Waals surface area contributed by atoms with Crippen molar-refractivity contribution < 1.29 is 4.74 Å². The average Bonchev–Trinajstić information content (AvgIpc) is 3.03. The maximum Gasteiger partial charge on any atom is 0.0531 e. The Balaban J connectivity index is 1.84. The minimum Gasteiger partial charge on any atom is -0.384 e. The minimum atomic E-state index is 0.278. The van der Waals surface area contributed by atoms with Gasteiger partial charge in [-0.05, 0) is 38.8 Å². The molecule has 0 atom stereocenters. The Morgan fingerprint density at radius 1 is 1.36 bits per heavy atom. The Morgan fingerprint density at radius 3 is 2.43 bits per heavy atom. The number of piperidine rings is 1. The van der Waals surface area contributed by atoms with E-state index >= 15 is 0 Å². The molecule has 14 heavy (non-hydrogen) atoms. The van der Waals surface area contributed by atoms with E-state index in [-0.39, 0.29) is 5.41 Å². The molecule has 1 aliphatic heterocycles. The van der Waals surface area contributed by atoms with E-state index < -0.39 is 0 Å². The van der Waals surface area contributed by atoms with E-state index in [1.165, 1.54) is 38.8 Å². The van der Waals surface area contributed by atoms with Crippen LogP contribution in [-0.4, -0.2) is 44.3 Å². The monoisotopic (exact) mass is 198 g/mol. The van der Waals surface area contributed by atoms with Crippen LogP contribution in [0.4, 0.5) is 0 Å². The molecule has 2 N–H and O–H groups in total. The minimum absolute atomic E-state index is 0.278. The van der Waals surface area contributed by atoms with E-state index in [0.717, 1.165) is 19.2 Å². The van der Waals surface area contributed by atoms with Gasteiger partial charge in [-0.15, -0.1) is 0 Å². The Hall–Kier alpha value is -0.120. The molecule has 0 aromatic carbocycles. The first-order valence-electron chi connectivity index (χ1n) is 5.73. The zero-order valence-electron chi connectivity index (χ0n) is 9.17. The van der Waals surface area contributed by atoms with Crippen molar-refractivity contribution >= 4 is 0 Å². The van der Waals surface area contributed by atoms with Crippen LogP contribution in [0.15, 0.2) is 0 Å². The first kappa shape index (κ1) is 10.4. The van der Waals surface area contributed by atoms with E-state index in [9.17, 15) is 0 Å². The van der Waals surface area contributed by atoms with Crippen LogP contribution < -0.4 is 5.73 Å². The summed E-state index contributed by atoms with van der Waals surface area (Å²) in [7, 11) is 1.78. The molecule has 0 unspecified atom stereocenters. The van der Waals surface area contributed by atoms with E-state index in [1.807, 2.05) is 0 Å². The van der Waals surface area contributed by atoms with E-state index in [0.29, 0.717) is 0 Å². The lowest BCUT2D eigenvalue weighted by Gasteiger charge is -2.40. The Labute approximate surface area is 86.6 Å². The average molecular weight is 198 g/mol. The van der Waals surface area contributed by atoms with E-state index in [1.54, 1.807) is 7.11 Å². The van der Waals surface area contributed by atoms with E-state index in [4.69, 9.17) is 10.5 Å². The van der Waals surface area contributed by atoms with Gasteiger partial charge < -0.3 is 15.4 Å². The summed E-state index contributed by atoms with van der Waals surface area (Å²) in [6.45, 7) is 4.07. The number of nitrogens with zero attached hydrogens (tertiary/aromatic N) is 1. The van der Waals surface area contributed by atoms with Crippen molar-refractivity contribution in [2.45, 2.75) is 31.7 Å². The van der Waals surface area contributed by atoms with Crippen LogP contribution in [-0.2, 0) is 4.74 Å². The zero-order valence-corrected chi connectivity index (χ0v) is 9.17. The van der Waals surface area contributed by atoms with Gasteiger partial charge in [0.1, 0.15) is 0 Å². The third-order valence-corrected chi connectivity index (χ3v) is 3.81. The highest BCUT2D eigenvalue weighted by molar-refractivity contribution is 4.92. The molecule has 1 aliphatic carbocycles. The van der Waals surface area contributed by atoms with Gasteiger partial charge in [0.2, 0.25) is 0 Å². The van der Waals surface area contributed by atoms with Crippen molar-refractivity contribution in [3.63, 3.8) is 0 Å². The number of likely N-dealkylation sites (tertiary alicyclic amines) is 1. The molecular formula is C11H22N2O. The predicted octanol–water partition coefficient (Wildman–Crippen LogP) is 0.836. The van der Waals surface area contributed by atoms with Crippen molar-refractivity contribution in [3.05, 3.63) is 0 Å². The van der Waals surface area contributed by atoms with Crippen LogP contribution in [0.25, 0.3) is 0 Å². The normalized spacial score (nSPS) is 27.9. The molecule has 0 radical (unpaired) electrons. The summed E-state index contributed by atoms with van der Waals surface area (Å²) in [4.78, 5) is 2.63. The van der Waals surface area contributed by atoms with Gasteiger partial charge >= 0.3 is 0 Å². The molecule has 0 bridgehead atoms. The quantitative estimate of drug-likeness (QED) is 0.727. The second-order valence-electron chi connectivity index (χ2n) is 4.90. The Morgan fingerprint density at radius 2 is 2.00 bits per heavy atom. The van der Waals surface area contributed by atoms with Crippen molar-refractivity contribution in [2.24, 2.45) is 11.1 Å². The molecule has 3 heteroatoms. The fourth-order valence-electron chi connectivity index (χ4n) is 2.52. The fraction of sp³-hybridized carbons (Fsp3) is 1.00. The van der Waals surface area contributed by atoms with Crippen LogP contribution in [0.2, 0.25) is 0 Å². The van der Waals surface area contributed by atoms with Gasteiger partial charge in [0.05, 0.1) is 6.61 Å². The van der Waals surface area contributed by atoms with Crippen LogP contribution in [0.5, 0.6) is 0 Å². The van der Waals surface area contributed by atoms with Crippen LogP contribution in [0.1, 0.15) is 25.7 Å². The first-order valence-corrected chi connectivity index (χ1v) is 5.73. The third-order valence-electron chi connectivity index (χ3n) is 3.81. The number of ether oxygens (including phenoxy) is 1. The van der Waals surface area contributed by atoms with Gasteiger partial charge in [0.15, 0.2) is 0 Å². The molecule has 0 aromatic heterocycles. The maximum atomic E-state index is 5.86. The molecule has 1 saturated carbocycles. The predicted molar refractivity (Wildman–Crippen MR) is 57.2 cm³/mol. The summed E-state index contributed by atoms with van der Waals surface area (Å²) in [5.74, 6) is 0. The second kappa shape index (κ2) is 4.17. The first-order chi connectivity index (χ1) is 6.79. The molecule has 1 saturated heterocycles. The summed E-state index contributed by atoms with van der Waals surface area (Å²) in [6.07, 6.45) is 5.27. The summed E-state index contributed by atoms with van der Waals surface area (Å²) in [5, 5.41) is 0. The SMILES string of the molecule is COCC1(CN)CCN(C2CC2)CC1. The summed E-state index contributed by atoms with van der Waals surface area (Å²) >= 11 is 0. The lowest BCUT2D eigenvalue weighted by Crippen LogP contribution is -2.46. The van der Waals surface area contributed by atoms with Gasteiger partial charge in [-0.1, -0.05) is 0 Å². The summed E-state index contributed by atoms with van der Waals surface area (Å²) < 4.78 is 5.29. The summed E-state index contributed by atoms with van der Waals surface area (Å²) in [6, 6.07) is 0.910. The largest absolute Gasteiger partial charge is 0.384 e. The highest BCUT2D eigenvalue weighted by Gasteiger charge is 2.38. The van der Waals surface area contributed by atoms with Crippen molar-refractivity contribution in [2.75, 3.05) is 33.4 Å². The van der Waals surface area contributed by atoms with Crippen molar-refractivity contribution in [1.82, 2.24) is 4.90 Å². The van der Waals surface area contributed by atoms with Crippen molar-refractivity contribution in [1.29, 1.82) is 0 Å². The summed E-state index contributed by atoms with van der Waals surface area (Å²) in [5.41, 5.74) is 6.14. The molecule has 82 valence electrons. The molecule has 0 spiro atoms. The highest BCUT2D eigenvalue weighted by atomic mass is 16.5. The molecule has 2 fully saturated rings. The second-order valence-corrected chi connectivity index (χ2v) is 4.90. The van der Waals surface area contributed by atoms with E-state index in [2.05, 4.69) is 4.90 Å². The Bertz CT molecular complexity index is 184.